The predicted molar refractivity (Wildman–Crippen MR) is 122 cm³/mol. The van der Waals surface area contributed by atoms with Crippen molar-refractivity contribution in [2.45, 2.75) is 52.5 Å². The molecule has 2 amide bonds. The third kappa shape index (κ3) is 6.93. The molecule has 0 unspecified atom stereocenters. The van der Waals surface area contributed by atoms with E-state index in [4.69, 9.17) is 0 Å². The molecule has 0 bridgehead atoms. The standard InChI is InChI=1S/C24H32N2O2S/c1-5-14-25-24(28)20(4)26(15-21-12-8-6-10-18(21)2)23(27)17-29-16-22-13-9-7-11-19(22)3/h6-13,20H,5,14-17H2,1-4H3,(H,25,28)/t20-/m0/s1. The van der Waals surface area contributed by atoms with Crippen molar-refractivity contribution < 1.29 is 9.59 Å². The van der Waals surface area contributed by atoms with Crippen LogP contribution in [0.25, 0.3) is 0 Å². The van der Waals surface area contributed by atoms with Crippen molar-refractivity contribution in [3.63, 3.8) is 0 Å². The summed E-state index contributed by atoms with van der Waals surface area (Å²) in [6.07, 6.45) is 0.872. The molecule has 0 aliphatic rings. The molecule has 0 aliphatic carbocycles. The van der Waals surface area contributed by atoms with E-state index in [0.29, 0.717) is 18.8 Å². The number of nitrogens with one attached hydrogen (secondary N) is 1. The molecule has 1 N–H and O–H groups in total. The van der Waals surface area contributed by atoms with Gasteiger partial charge >= 0.3 is 0 Å². The Kier molecular flexibility index (Phi) is 9.26. The van der Waals surface area contributed by atoms with E-state index in [-0.39, 0.29) is 11.8 Å². The van der Waals surface area contributed by atoms with Crippen LogP contribution in [-0.4, -0.2) is 35.1 Å². The van der Waals surface area contributed by atoms with E-state index in [9.17, 15) is 9.59 Å². The van der Waals surface area contributed by atoms with Crippen molar-refractivity contribution in [2.75, 3.05) is 12.3 Å². The van der Waals surface area contributed by atoms with Crippen LogP contribution in [0.4, 0.5) is 0 Å². The number of amides is 2. The molecule has 0 saturated heterocycles. The van der Waals surface area contributed by atoms with E-state index in [1.165, 1.54) is 11.1 Å². The van der Waals surface area contributed by atoms with Gasteiger partial charge in [0.2, 0.25) is 11.8 Å². The molecule has 0 fully saturated rings. The Labute approximate surface area is 179 Å². The highest BCUT2D eigenvalue weighted by atomic mass is 32.2. The normalized spacial score (nSPS) is 11.7. The summed E-state index contributed by atoms with van der Waals surface area (Å²) in [5.41, 5.74) is 4.67. The fourth-order valence-corrected chi connectivity index (χ4v) is 4.04. The van der Waals surface area contributed by atoms with E-state index in [1.807, 2.05) is 57.2 Å². The number of thioether (sulfide) groups is 1. The first kappa shape index (κ1) is 23.0. The molecule has 1 atom stereocenters. The largest absolute Gasteiger partial charge is 0.354 e. The number of nitrogens with zero attached hydrogens (tertiary/aromatic N) is 1. The molecule has 0 spiro atoms. The quantitative estimate of drug-likeness (QED) is 0.626. The van der Waals surface area contributed by atoms with Crippen molar-refractivity contribution in [1.82, 2.24) is 10.2 Å². The lowest BCUT2D eigenvalue weighted by Gasteiger charge is -2.29. The Hall–Kier alpha value is -2.27. The lowest BCUT2D eigenvalue weighted by Crippen LogP contribution is -2.48. The van der Waals surface area contributed by atoms with Crippen molar-refractivity contribution in [2.24, 2.45) is 0 Å². The van der Waals surface area contributed by atoms with Gasteiger partial charge in [0.05, 0.1) is 5.75 Å². The number of carbonyl (C=O) groups excluding carboxylic acids is 2. The van der Waals surface area contributed by atoms with Gasteiger partial charge in [0.1, 0.15) is 6.04 Å². The molecule has 29 heavy (non-hydrogen) atoms. The van der Waals surface area contributed by atoms with E-state index >= 15 is 0 Å². The SMILES string of the molecule is CCCNC(=O)[C@H](C)N(Cc1ccccc1C)C(=O)CSCc1ccccc1C. The minimum absolute atomic E-state index is 0.00835. The maximum atomic E-state index is 13.1. The molecule has 0 aromatic heterocycles. The first-order chi connectivity index (χ1) is 13.9. The fraction of sp³-hybridized carbons (Fsp3) is 0.417. The van der Waals surface area contributed by atoms with Gasteiger partial charge in [0, 0.05) is 18.8 Å². The topological polar surface area (TPSA) is 49.4 Å². The van der Waals surface area contributed by atoms with Gasteiger partial charge in [0.15, 0.2) is 0 Å². The van der Waals surface area contributed by atoms with E-state index in [0.717, 1.165) is 23.3 Å². The van der Waals surface area contributed by atoms with Crippen LogP contribution in [0, 0.1) is 13.8 Å². The highest BCUT2D eigenvalue weighted by molar-refractivity contribution is 7.99. The van der Waals surface area contributed by atoms with Gasteiger partial charge in [0.25, 0.3) is 0 Å². The second kappa shape index (κ2) is 11.7. The summed E-state index contributed by atoms with van der Waals surface area (Å²) in [4.78, 5) is 27.3. The minimum atomic E-state index is -0.507. The average Bonchev–Trinajstić information content (AvgIpc) is 2.72. The number of rotatable bonds is 10. The van der Waals surface area contributed by atoms with Gasteiger partial charge in [-0.2, -0.15) is 0 Å². The molecular formula is C24H32N2O2S. The molecule has 4 nitrogen and oxygen atoms in total. The Morgan fingerprint density at radius 3 is 2.17 bits per heavy atom. The summed E-state index contributed by atoms with van der Waals surface area (Å²) in [5.74, 6) is 1.03. The molecule has 0 aliphatic heterocycles. The number of benzene rings is 2. The number of hydrogen-bond acceptors (Lipinski definition) is 3. The Balaban J connectivity index is 2.08. The van der Waals surface area contributed by atoms with Crippen LogP contribution in [0.1, 0.15) is 42.5 Å². The Morgan fingerprint density at radius 2 is 1.59 bits per heavy atom. The summed E-state index contributed by atoms with van der Waals surface area (Å²) in [6.45, 7) is 9.01. The molecule has 2 rings (SSSR count). The lowest BCUT2D eigenvalue weighted by molar-refractivity contribution is -0.138. The van der Waals surface area contributed by atoms with E-state index < -0.39 is 6.04 Å². The second-order valence-corrected chi connectivity index (χ2v) is 8.32. The summed E-state index contributed by atoms with van der Waals surface area (Å²) in [7, 11) is 0. The smallest absolute Gasteiger partial charge is 0.242 e. The van der Waals surface area contributed by atoms with Gasteiger partial charge in [-0.05, 0) is 49.4 Å². The van der Waals surface area contributed by atoms with Crippen LogP contribution in [0.2, 0.25) is 0 Å². The maximum absolute atomic E-state index is 13.1. The van der Waals surface area contributed by atoms with Crippen molar-refractivity contribution in [3.8, 4) is 0 Å². The zero-order chi connectivity index (χ0) is 21.2. The van der Waals surface area contributed by atoms with Gasteiger partial charge in [-0.15, -0.1) is 11.8 Å². The van der Waals surface area contributed by atoms with Crippen molar-refractivity contribution >= 4 is 23.6 Å². The zero-order valence-electron chi connectivity index (χ0n) is 17.9. The third-order valence-corrected chi connectivity index (χ3v) is 6.03. The summed E-state index contributed by atoms with van der Waals surface area (Å²) < 4.78 is 0. The fourth-order valence-electron chi connectivity index (χ4n) is 3.05. The molecule has 0 radical (unpaired) electrons. The number of aryl methyl sites for hydroxylation is 2. The highest BCUT2D eigenvalue weighted by Crippen LogP contribution is 2.19. The molecule has 0 heterocycles. The molecule has 2 aromatic carbocycles. The zero-order valence-corrected chi connectivity index (χ0v) is 18.7. The van der Waals surface area contributed by atoms with Gasteiger partial charge in [-0.1, -0.05) is 55.5 Å². The number of carbonyl (C=O) groups is 2. The monoisotopic (exact) mass is 412 g/mol. The van der Waals surface area contributed by atoms with E-state index in [1.54, 1.807) is 16.7 Å². The third-order valence-electron chi connectivity index (χ3n) is 5.06. The number of hydrogen-bond donors (Lipinski definition) is 1. The Bertz CT molecular complexity index is 822. The van der Waals surface area contributed by atoms with Crippen molar-refractivity contribution in [3.05, 3.63) is 70.8 Å². The maximum Gasteiger partial charge on any atom is 0.242 e. The molecular weight excluding hydrogens is 380 g/mol. The molecule has 5 heteroatoms. The first-order valence-corrected chi connectivity index (χ1v) is 11.3. The van der Waals surface area contributed by atoms with Gasteiger partial charge < -0.3 is 10.2 Å². The van der Waals surface area contributed by atoms with Crippen LogP contribution < -0.4 is 5.32 Å². The second-order valence-electron chi connectivity index (χ2n) is 7.33. The Morgan fingerprint density at radius 1 is 1.00 bits per heavy atom. The summed E-state index contributed by atoms with van der Waals surface area (Å²) in [5, 5.41) is 2.92. The first-order valence-electron chi connectivity index (χ1n) is 10.2. The van der Waals surface area contributed by atoms with Gasteiger partial charge in [-0.3, -0.25) is 9.59 Å². The van der Waals surface area contributed by atoms with Crippen LogP contribution in [0.5, 0.6) is 0 Å². The van der Waals surface area contributed by atoms with Crippen LogP contribution in [-0.2, 0) is 21.9 Å². The highest BCUT2D eigenvalue weighted by Gasteiger charge is 2.26. The predicted octanol–water partition coefficient (Wildman–Crippen LogP) is 4.48. The van der Waals surface area contributed by atoms with Crippen LogP contribution >= 0.6 is 11.8 Å². The van der Waals surface area contributed by atoms with Crippen LogP contribution in [0.3, 0.4) is 0 Å². The van der Waals surface area contributed by atoms with Crippen LogP contribution in [0.15, 0.2) is 48.5 Å². The lowest BCUT2D eigenvalue weighted by atomic mass is 10.1. The van der Waals surface area contributed by atoms with Crippen molar-refractivity contribution in [1.29, 1.82) is 0 Å². The minimum Gasteiger partial charge on any atom is -0.354 e. The molecule has 0 saturated carbocycles. The molecule has 156 valence electrons. The van der Waals surface area contributed by atoms with Gasteiger partial charge in [-0.25, -0.2) is 0 Å². The summed E-state index contributed by atoms with van der Waals surface area (Å²) >= 11 is 1.60. The van der Waals surface area contributed by atoms with E-state index in [2.05, 4.69) is 24.4 Å². The summed E-state index contributed by atoms with van der Waals surface area (Å²) in [6, 6.07) is 15.7. The average molecular weight is 413 g/mol. The molecule has 2 aromatic rings.